The van der Waals surface area contributed by atoms with Crippen LogP contribution in [0.5, 0.6) is 11.5 Å². The minimum Gasteiger partial charge on any atom is -0.456 e. The molecule has 11 aromatic rings. The van der Waals surface area contributed by atoms with E-state index in [4.69, 9.17) is 4.74 Å². The Hall–Kier alpha value is -7.98. The molecule has 0 unspecified atom stereocenters. The van der Waals surface area contributed by atoms with Crippen LogP contribution in [0.25, 0.3) is 53.6 Å². The van der Waals surface area contributed by atoms with Crippen LogP contribution in [0, 0.1) is 0 Å². The van der Waals surface area contributed by atoms with E-state index < -0.39 is 5.41 Å². The molecule has 0 radical (unpaired) electrons. The molecule has 0 fully saturated rings. The molecule has 0 saturated heterocycles. The fourth-order valence-corrected chi connectivity index (χ4v) is 12.3. The van der Waals surface area contributed by atoms with Crippen LogP contribution in [0.15, 0.2) is 237 Å². The van der Waals surface area contributed by atoms with Gasteiger partial charge in [-0.2, -0.15) is 0 Å². The molecule has 1 aliphatic heterocycles. The Morgan fingerprint density at radius 3 is 1.63 bits per heavy atom. The predicted molar refractivity (Wildman–Crippen MR) is 281 cm³/mol. The number of anilines is 3. The SMILES string of the molecule is CC1(C)c2ccc(-c3ccc(N(c4ccc(-c5ccccc5)cc4)c4ccc5c(c4)C(c4ccccc4)(c4ccccc4)c4ccccc4-5)cc3)cc2Oc2c1ccc1sc3ccccc3c21. The molecule has 67 heavy (non-hydrogen) atoms. The van der Waals surface area contributed by atoms with E-state index in [0.717, 1.165) is 39.7 Å². The molecule has 2 nitrogen and oxygen atoms in total. The van der Waals surface area contributed by atoms with Crippen molar-refractivity contribution in [3.63, 3.8) is 0 Å². The summed E-state index contributed by atoms with van der Waals surface area (Å²) in [6, 6.07) is 86.8. The standard InChI is InChI=1S/C64H45NOS/c1-63(2)55-37-30-45(40-58(55)66-62-56(63)38-39-60-61(62)53-23-13-15-25-59(53)67-60)44-28-33-49(34-29-44)65(48-31-26-43(27-32-48)42-16-6-3-7-17-42)50-35-36-52-51-22-12-14-24-54(51)64(57(52)41-50,46-18-8-4-9-19-46)47-20-10-5-11-21-47/h3-41H,1-2H3. The highest BCUT2D eigenvalue weighted by molar-refractivity contribution is 7.25. The molecule has 2 aliphatic rings. The maximum atomic E-state index is 7.01. The Kier molecular flexibility index (Phi) is 9.00. The number of ether oxygens (including phenoxy) is 1. The summed E-state index contributed by atoms with van der Waals surface area (Å²) in [6.45, 7) is 4.65. The number of benzene rings is 10. The Labute approximate surface area is 395 Å². The lowest BCUT2D eigenvalue weighted by Gasteiger charge is -2.35. The Morgan fingerprint density at radius 1 is 0.388 bits per heavy atom. The van der Waals surface area contributed by atoms with Gasteiger partial charge in [0.2, 0.25) is 0 Å². The first-order valence-electron chi connectivity index (χ1n) is 23.2. The number of thiophene rings is 1. The predicted octanol–water partition coefficient (Wildman–Crippen LogP) is 17.7. The van der Waals surface area contributed by atoms with Gasteiger partial charge in [-0.25, -0.2) is 0 Å². The van der Waals surface area contributed by atoms with Crippen molar-refractivity contribution in [3.05, 3.63) is 270 Å². The van der Waals surface area contributed by atoms with Crippen molar-refractivity contribution < 1.29 is 4.74 Å². The van der Waals surface area contributed by atoms with Gasteiger partial charge in [-0.15, -0.1) is 11.3 Å². The van der Waals surface area contributed by atoms with Crippen LogP contribution >= 0.6 is 11.3 Å². The van der Waals surface area contributed by atoms with Crippen LogP contribution in [-0.4, -0.2) is 0 Å². The molecule has 1 aromatic heterocycles. The molecule has 0 N–H and O–H groups in total. The van der Waals surface area contributed by atoms with Gasteiger partial charge in [0.05, 0.1) is 5.41 Å². The van der Waals surface area contributed by atoms with Gasteiger partial charge in [0.25, 0.3) is 0 Å². The number of hydrogen-bond donors (Lipinski definition) is 0. The molecule has 0 atom stereocenters. The third kappa shape index (κ3) is 6.08. The molecule has 0 spiro atoms. The third-order valence-electron chi connectivity index (χ3n) is 14.4. The van der Waals surface area contributed by atoms with Gasteiger partial charge in [0.1, 0.15) is 11.5 Å². The lowest BCUT2D eigenvalue weighted by atomic mass is 9.67. The van der Waals surface area contributed by atoms with Crippen LogP contribution in [0.2, 0.25) is 0 Å². The molecule has 0 saturated carbocycles. The van der Waals surface area contributed by atoms with Crippen LogP contribution in [-0.2, 0) is 10.8 Å². The largest absolute Gasteiger partial charge is 0.456 e. The minimum atomic E-state index is -0.511. The molecular weight excluding hydrogens is 831 g/mol. The van der Waals surface area contributed by atoms with Crippen molar-refractivity contribution in [3.8, 4) is 44.9 Å². The zero-order chi connectivity index (χ0) is 44.7. The zero-order valence-corrected chi connectivity index (χ0v) is 38.1. The van der Waals surface area contributed by atoms with Gasteiger partial charge >= 0.3 is 0 Å². The fourth-order valence-electron chi connectivity index (χ4n) is 11.2. The maximum absolute atomic E-state index is 7.01. The summed E-state index contributed by atoms with van der Waals surface area (Å²) < 4.78 is 9.55. The first-order valence-corrected chi connectivity index (χ1v) is 24.0. The lowest BCUT2D eigenvalue weighted by molar-refractivity contribution is 0.423. The number of hydrogen-bond acceptors (Lipinski definition) is 3. The van der Waals surface area contributed by atoms with Crippen molar-refractivity contribution in [2.45, 2.75) is 24.7 Å². The van der Waals surface area contributed by atoms with E-state index in [9.17, 15) is 0 Å². The summed E-state index contributed by atoms with van der Waals surface area (Å²) in [4.78, 5) is 2.41. The van der Waals surface area contributed by atoms with Crippen molar-refractivity contribution in [2.24, 2.45) is 0 Å². The molecule has 10 aromatic carbocycles. The molecule has 0 bridgehead atoms. The molecule has 1 aliphatic carbocycles. The van der Waals surface area contributed by atoms with Gasteiger partial charge in [-0.05, 0) is 110 Å². The van der Waals surface area contributed by atoms with Gasteiger partial charge in [-0.3, -0.25) is 0 Å². The fraction of sp³-hybridized carbons (Fsp3) is 0.0625. The molecule has 13 rings (SSSR count). The zero-order valence-electron chi connectivity index (χ0n) is 37.3. The van der Waals surface area contributed by atoms with E-state index in [1.165, 1.54) is 75.8 Å². The maximum Gasteiger partial charge on any atom is 0.140 e. The molecule has 318 valence electrons. The van der Waals surface area contributed by atoms with Crippen molar-refractivity contribution in [1.29, 1.82) is 0 Å². The molecule has 2 heterocycles. The van der Waals surface area contributed by atoms with Crippen molar-refractivity contribution in [1.82, 2.24) is 0 Å². The Morgan fingerprint density at radius 2 is 0.925 bits per heavy atom. The van der Waals surface area contributed by atoms with E-state index in [0.29, 0.717) is 0 Å². The lowest BCUT2D eigenvalue weighted by Crippen LogP contribution is -2.28. The summed E-state index contributed by atoms with van der Waals surface area (Å²) in [5.41, 5.74) is 17.2. The number of nitrogens with zero attached hydrogens (tertiary/aromatic N) is 1. The van der Waals surface area contributed by atoms with E-state index >= 15 is 0 Å². The van der Waals surface area contributed by atoms with E-state index in [1.54, 1.807) is 0 Å². The highest BCUT2D eigenvalue weighted by Gasteiger charge is 2.46. The number of fused-ring (bicyclic) bond motifs is 9. The van der Waals surface area contributed by atoms with Crippen LogP contribution < -0.4 is 9.64 Å². The first kappa shape index (κ1) is 39.4. The van der Waals surface area contributed by atoms with Gasteiger partial charge in [-0.1, -0.05) is 196 Å². The summed E-state index contributed by atoms with van der Waals surface area (Å²) in [6.07, 6.45) is 0. The minimum absolute atomic E-state index is 0.227. The Bertz CT molecular complexity index is 3630. The third-order valence-corrected chi connectivity index (χ3v) is 15.6. The second-order valence-electron chi connectivity index (χ2n) is 18.4. The average Bonchev–Trinajstić information content (AvgIpc) is 3.92. The quantitative estimate of drug-likeness (QED) is 0.158. The van der Waals surface area contributed by atoms with Gasteiger partial charge in [0.15, 0.2) is 0 Å². The van der Waals surface area contributed by atoms with E-state index in [-0.39, 0.29) is 5.41 Å². The molecule has 0 amide bonds. The van der Waals surface area contributed by atoms with Crippen molar-refractivity contribution >= 4 is 48.6 Å². The van der Waals surface area contributed by atoms with Crippen LogP contribution in [0.4, 0.5) is 17.1 Å². The second-order valence-corrected chi connectivity index (χ2v) is 19.5. The second kappa shape index (κ2) is 15.3. The summed E-state index contributed by atoms with van der Waals surface area (Å²) in [7, 11) is 0. The highest BCUT2D eigenvalue weighted by Crippen LogP contribution is 2.58. The normalized spacial score (nSPS) is 13.9. The van der Waals surface area contributed by atoms with Gasteiger partial charge < -0.3 is 9.64 Å². The van der Waals surface area contributed by atoms with Crippen LogP contribution in [0.3, 0.4) is 0 Å². The molecule has 3 heteroatoms. The monoisotopic (exact) mass is 875 g/mol. The van der Waals surface area contributed by atoms with E-state index in [2.05, 4.69) is 255 Å². The average molecular weight is 876 g/mol. The molecular formula is C64H45NOS. The Balaban J connectivity index is 0.939. The van der Waals surface area contributed by atoms with E-state index in [1.807, 2.05) is 11.3 Å². The number of rotatable bonds is 7. The summed E-state index contributed by atoms with van der Waals surface area (Å²) >= 11 is 1.83. The summed E-state index contributed by atoms with van der Waals surface area (Å²) in [5.74, 6) is 1.90. The van der Waals surface area contributed by atoms with Crippen molar-refractivity contribution in [2.75, 3.05) is 4.90 Å². The topological polar surface area (TPSA) is 12.5 Å². The highest BCUT2D eigenvalue weighted by atomic mass is 32.1. The van der Waals surface area contributed by atoms with Crippen LogP contribution in [0.1, 0.15) is 47.2 Å². The van der Waals surface area contributed by atoms with Gasteiger partial charge in [0, 0.05) is 53.8 Å². The smallest absolute Gasteiger partial charge is 0.140 e. The first-order chi connectivity index (χ1) is 33.0. The summed E-state index contributed by atoms with van der Waals surface area (Å²) in [5, 5.41) is 2.46.